The van der Waals surface area contributed by atoms with Gasteiger partial charge in [0.25, 0.3) is 0 Å². The molecule has 0 aromatic heterocycles. The Kier molecular flexibility index (Phi) is 6.46. The topological polar surface area (TPSA) is 69.6 Å². The van der Waals surface area contributed by atoms with E-state index in [1.165, 1.54) is 4.31 Å². The molecular weight excluding hydrogens is 360 g/mol. The number of aliphatic hydroxyl groups excluding tert-OH is 1. The van der Waals surface area contributed by atoms with Gasteiger partial charge in [-0.1, -0.05) is 36.4 Å². The number of anilines is 2. The summed E-state index contributed by atoms with van der Waals surface area (Å²) in [5.41, 5.74) is 2.20. The van der Waals surface area contributed by atoms with E-state index in [4.69, 9.17) is 0 Å². The summed E-state index contributed by atoms with van der Waals surface area (Å²) in [6.07, 6.45) is -0.195. The highest BCUT2D eigenvalue weighted by molar-refractivity contribution is 7.93. The van der Waals surface area contributed by atoms with Gasteiger partial charge in [0, 0.05) is 0 Å². The molecule has 0 aliphatic carbocycles. The summed E-state index contributed by atoms with van der Waals surface area (Å²) in [6.45, 7) is 0.570. The van der Waals surface area contributed by atoms with Gasteiger partial charge in [0.15, 0.2) is 0 Å². The Hall–Kier alpha value is -1.60. The number of sulfonamides is 1. The van der Waals surface area contributed by atoms with Crippen molar-refractivity contribution in [1.82, 2.24) is 5.32 Å². The van der Waals surface area contributed by atoms with Crippen molar-refractivity contribution < 1.29 is 13.5 Å². The minimum atomic E-state index is -3.70. The molecule has 3 rings (SSSR count). The van der Waals surface area contributed by atoms with Crippen LogP contribution in [0.15, 0.2) is 54.6 Å². The van der Waals surface area contributed by atoms with Crippen molar-refractivity contribution in [2.24, 2.45) is 0 Å². The highest BCUT2D eigenvalue weighted by Gasteiger charge is 2.42. The van der Waals surface area contributed by atoms with E-state index in [1.807, 2.05) is 42.5 Å². The summed E-state index contributed by atoms with van der Waals surface area (Å²) in [4.78, 5) is 0. The van der Waals surface area contributed by atoms with Crippen LogP contribution < -0.4 is 9.62 Å². The number of halogens is 1. The number of nitrogens with zero attached hydrogens (tertiary/aromatic N) is 1. The molecule has 136 valence electrons. The molecule has 2 aromatic carbocycles. The van der Waals surface area contributed by atoms with Crippen LogP contribution in [-0.2, 0) is 16.4 Å². The van der Waals surface area contributed by atoms with Crippen LogP contribution in [0.4, 0.5) is 11.4 Å². The Bertz CT molecular complexity index is 799. The molecule has 2 atom stereocenters. The molecule has 0 saturated heterocycles. The monoisotopic (exact) mass is 382 g/mol. The van der Waals surface area contributed by atoms with E-state index in [9.17, 15) is 13.5 Å². The summed E-state index contributed by atoms with van der Waals surface area (Å²) >= 11 is 0. The van der Waals surface area contributed by atoms with Crippen LogP contribution in [0, 0.1) is 0 Å². The van der Waals surface area contributed by atoms with Gasteiger partial charge in [-0.05, 0) is 50.2 Å². The number of nitrogens with one attached hydrogen (secondary N) is 1. The first-order valence-electron chi connectivity index (χ1n) is 8.05. The van der Waals surface area contributed by atoms with Crippen molar-refractivity contribution in [1.29, 1.82) is 0 Å². The minimum absolute atomic E-state index is 0. The van der Waals surface area contributed by atoms with Crippen LogP contribution in [0.2, 0.25) is 0 Å². The van der Waals surface area contributed by atoms with Crippen LogP contribution in [-0.4, -0.2) is 38.5 Å². The van der Waals surface area contributed by atoms with Gasteiger partial charge < -0.3 is 10.4 Å². The molecular formula is C18H23ClN2O3S. The second kappa shape index (κ2) is 8.19. The second-order valence-electron chi connectivity index (χ2n) is 5.98. The predicted molar refractivity (Wildman–Crippen MR) is 103 cm³/mol. The fraction of sp³-hybridized carbons (Fsp3) is 0.333. The maximum absolute atomic E-state index is 13.2. The van der Waals surface area contributed by atoms with Crippen molar-refractivity contribution in [3.05, 3.63) is 60.2 Å². The third-order valence-electron chi connectivity index (χ3n) is 4.38. The maximum atomic E-state index is 13.2. The van der Waals surface area contributed by atoms with Gasteiger partial charge in [-0.15, -0.1) is 12.4 Å². The number of aliphatic hydroxyl groups is 1. The lowest BCUT2D eigenvalue weighted by molar-refractivity contribution is 0.157. The molecule has 0 unspecified atom stereocenters. The highest BCUT2D eigenvalue weighted by Crippen LogP contribution is 2.39. The number of rotatable bonds is 5. The number of hydrogen-bond acceptors (Lipinski definition) is 4. The van der Waals surface area contributed by atoms with Crippen LogP contribution in [0.3, 0.4) is 0 Å². The first kappa shape index (κ1) is 19.7. The van der Waals surface area contributed by atoms with Gasteiger partial charge >= 0.3 is 0 Å². The van der Waals surface area contributed by atoms with Crippen LogP contribution in [0.5, 0.6) is 0 Å². The molecule has 25 heavy (non-hydrogen) atoms. The first-order valence-corrected chi connectivity index (χ1v) is 9.56. The van der Waals surface area contributed by atoms with Crippen LogP contribution in [0.25, 0.3) is 0 Å². The molecule has 5 nitrogen and oxygen atoms in total. The Balaban J connectivity index is 0.00000225. The van der Waals surface area contributed by atoms with E-state index < -0.39 is 21.4 Å². The third-order valence-corrected chi connectivity index (χ3v) is 6.54. The van der Waals surface area contributed by atoms with Crippen LogP contribution in [0.1, 0.15) is 12.0 Å². The lowest BCUT2D eigenvalue weighted by atomic mass is 10.0. The molecule has 0 saturated carbocycles. The fourth-order valence-electron chi connectivity index (χ4n) is 3.14. The van der Waals surface area contributed by atoms with E-state index in [-0.39, 0.29) is 12.4 Å². The first-order chi connectivity index (χ1) is 11.6. The van der Waals surface area contributed by atoms with Crippen molar-refractivity contribution in [2.45, 2.75) is 24.2 Å². The SMILES string of the molecule is CNCC[C@@H](O)[C@@H]1Cc2ccccc2N(c2ccccc2)S1(=O)=O.Cl. The van der Waals surface area contributed by atoms with Gasteiger partial charge in [-0.25, -0.2) is 12.7 Å². The molecule has 0 fully saturated rings. The van der Waals surface area contributed by atoms with E-state index in [1.54, 1.807) is 19.2 Å². The maximum Gasteiger partial charge on any atom is 0.245 e. The van der Waals surface area contributed by atoms with Gasteiger partial charge in [-0.2, -0.15) is 0 Å². The largest absolute Gasteiger partial charge is 0.392 e. The molecule has 1 aliphatic heterocycles. The molecule has 0 bridgehead atoms. The van der Waals surface area contributed by atoms with Crippen molar-refractivity contribution in [3.63, 3.8) is 0 Å². The molecule has 7 heteroatoms. The van der Waals surface area contributed by atoms with Gasteiger partial charge in [-0.3, -0.25) is 0 Å². The van der Waals surface area contributed by atoms with Gasteiger partial charge in [0.05, 0.1) is 17.5 Å². The third kappa shape index (κ3) is 3.82. The highest BCUT2D eigenvalue weighted by atomic mass is 35.5. The Morgan fingerprint density at radius 1 is 1.16 bits per heavy atom. The van der Waals surface area contributed by atoms with Crippen molar-refractivity contribution in [3.8, 4) is 0 Å². The standard InChI is InChI=1S/C18H22N2O3S.ClH/c1-19-12-11-17(21)18-13-14-7-5-6-10-16(14)20(24(18,22)23)15-8-3-2-4-9-15;/h2-10,17-19,21H,11-13H2,1H3;1H/t17-,18+;/m1./s1. The van der Waals surface area contributed by atoms with E-state index in [2.05, 4.69) is 5.32 Å². The molecule has 0 amide bonds. The molecule has 2 aromatic rings. The number of hydrogen-bond donors (Lipinski definition) is 2. The number of fused-ring (bicyclic) bond motifs is 1. The lowest BCUT2D eigenvalue weighted by Crippen LogP contribution is -2.47. The average Bonchev–Trinajstić information content (AvgIpc) is 2.59. The van der Waals surface area contributed by atoms with E-state index in [0.717, 1.165) is 5.56 Å². The number of benzene rings is 2. The van der Waals surface area contributed by atoms with E-state index >= 15 is 0 Å². The van der Waals surface area contributed by atoms with Crippen LogP contribution >= 0.6 is 12.4 Å². The van der Waals surface area contributed by atoms with Gasteiger partial charge in [0.2, 0.25) is 10.0 Å². The smallest absolute Gasteiger partial charge is 0.245 e. The summed E-state index contributed by atoms with van der Waals surface area (Å²) in [6, 6.07) is 16.5. The fourth-order valence-corrected chi connectivity index (χ4v) is 5.20. The second-order valence-corrected chi connectivity index (χ2v) is 7.98. The molecule has 1 heterocycles. The molecule has 2 N–H and O–H groups in total. The van der Waals surface area contributed by atoms with E-state index in [0.29, 0.717) is 30.8 Å². The molecule has 0 radical (unpaired) electrons. The van der Waals surface area contributed by atoms with Gasteiger partial charge in [0.1, 0.15) is 5.25 Å². The van der Waals surface area contributed by atoms with Crippen molar-refractivity contribution in [2.75, 3.05) is 17.9 Å². The molecule has 0 spiro atoms. The Morgan fingerprint density at radius 3 is 2.48 bits per heavy atom. The molecule has 1 aliphatic rings. The Labute approximate surface area is 155 Å². The zero-order chi connectivity index (χ0) is 17.2. The summed E-state index contributed by atoms with van der Waals surface area (Å²) in [5, 5.41) is 12.6. The summed E-state index contributed by atoms with van der Waals surface area (Å²) in [5.74, 6) is 0. The Morgan fingerprint density at radius 2 is 1.80 bits per heavy atom. The quantitative estimate of drug-likeness (QED) is 0.833. The average molecular weight is 383 g/mol. The lowest BCUT2D eigenvalue weighted by Gasteiger charge is -2.37. The zero-order valence-corrected chi connectivity index (χ0v) is 15.6. The summed E-state index contributed by atoms with van der Waals surface area (Å²) in [7, 11) is -1.92. The zero-order valence-electron chi connectivity index (χ0n) is 14.0. The minimum Gasteiger partial charge on any atom is -0.392 e. The number of para-hydroxylation sites is 2. The normalized spacial score (nSPS) is 19.6. The summed E-state index contributed by atoms with van der Waals surface area (Å²) < 4.78 is 27.8. The predicted octanol–water partition coefficient (Wildman–Crippen LogP) is 2.47. The van der Waals surface area contributed by atoms with Crippen molar-refractivity contribution >= 4 is 33.8 Å².